The predicted molar refractivity (Wildman–Crippen MR) is 126 cm³/mol. The van der Waals surface area contributed by atoms with Crippen LogP contribution in [0.25, 0.3) is 11.3 Å². The second kappa shape index (κ2) is 11.1. The Kier molecular flexibility index (Phi) is 6.47. The molecule has 0 spiro atoms. The monoisotopic (exact) mass is 459 g/mol. The summed E-state index contributed by atoms with van der Waals surface area (Å²) < 4.78 is 58.0. The minimum atomic E-state index is -2.77. The molecular weight excluding hydrogens is 426 g/mol. The molecule has 0 amide bonds. The van der Waals surface area contributed by atoms with Crippen LogP contribution in [0, 0.1) is 6.92 Å². The van der Waals surface area contributed by atoms with Gasteiger partial charge in [-0.1, -0.05) is 24.3 Å². The maximum atomic E-state index is 11.7. The summed E-state index contributed by atoms with van der Waals surface area (Å²) in [6, 6.07) is 16.4. The fourth-order valence-electron chi connectivity index (χ4n) is 3.18. The Balaban J connectivity index is 1.85. The third-order valence-corrected chi connectivity index (χ3v) is 5.81. The summed E-state index contributed by atoms with van der Waals surface area (Å²) in [5, 5.41) is 9.26. The normalized spacial score (nSPS) is 15.7. The van der Waals surface area contributed by atoms with Gasteiger partial charge in [0.25, 0.3) is 0 Å². The Morgan fingerprint density at radius 3 is 2.41 bits per heavy atom. The number of hydrogen-bond donors (Lipinski definition) is 1. The van der Waals surface area contributed by atoms with Crippen LogP contribution in [0.4, 0.5) is 0 Å². The first-order chi connectivity index (χ1) is 16.9. The van der Waals surface area contributed by atoms with E-state index in [2.05, 4.69) is 0 Å². The fraction of sp³-hybridized carbons (Fsp3) is 0.320. The number of nitrogens with zero attached hydrogens (tertiary/aromatic N) is 1. The molecule has 0 fully saturated rings. The lowest BCUT2D eigenvalue weighted by Crippen LogP contribution is -2.26. The minimum absolute atomic E-state index is 0.0945. The summed E-state index contributed by atoms with van der Waals surface area (Å²) >= 11 is 0. The zero-order valence-corrected chi connectivity index (χ0v) is 19.0. The highest BCUT2D eigenvalue weighted by atomic mass is 32.2. The van der Waals surface area contributed by atoms with Crippen molar-refractivity contribution in [3.8, 4) is 17.0 Å². The van der Waals surface area contributed by atoms with Crippen molar-refractivity contribution in [2.45, 2.75) is 37.8 Å². The number of carbonyl (C=O) groups is 1. The van der Waals surface area contributed by atoms with Crippen LogP contribution < -0.4 is 4.74 Å². The minimum Gasteiger partial charge on any atom is -0.492 e. The molecule has 0 bridgehead atoms. The van der Waals surface area contributed by atoms with Crippen molar-refractivity contribution in [2.24, 2.45) is 0 Å². The van der Waals surface area contributed by atoms with Gasteiger partial charge in [0.2, 0.25) is 0 Å². The molecule has 1 N–H and O–H groups in total. The van der Waals surface area contributed by atoms with Crippen molar-refractivity contribution in [1.29, 1.82) is 0 Å². The fourth-order valence-corrected chi connectivity index (χ4v) is 3.70. The number of hydrogen-bond acceptors (Lipinski definition) is 4. The SMILES string of the molecule is [2H]C([2H])(Oc1ccc(C[C@H](OCC)C(=O)O)cc1)C([2H])([2H])n1c(C)ccc1-c1ccc(S(C)=O)cc1. The molecule has 0 aliphatic heterocycles. The number of aliphatic carboxylic acids is 1. The molecule has 1 aromatic heterocycles. The van der Waals surface area contributed by atoms with Gasteiger partial charge in [0.15, 0.2) is 6.10 Å². The molecule has 0 saturated carbocycles. The highest BCUT2D eigenvalue weighted by Gasteiger charge is 2.17. The standard InChI is InChI=1S/C25H29NO5S/c1-4-30-24(25(27)28)17-19-6-10-21(11-7-19)31-16-15-26-18(2)5-14-23(26)20-8-12-22(13-9-20)32(3)29/h5-14,24H,4,15-17H2,1-3H3,(H,27,28)/t24-,32?/m0/s1/i15D2,16D2. The molecule has 170 valence electrons. The maximum Gasteiger partial charge on any atom is 0.333 e. The average Bonchev–Trinajstić information content (AvgIpc) is 3.21. The van der Waals surface area contributed by atoms with Gasteiger partial charge in [0, 0.05) is 46.4 Å². The molecule has 0 aliphatic rings. The second-order valence-electron chi connectivity index (χ2n) is 7.12. The maximum absolute atomic E-state index is 11.7. The van der Waals surface area contributed by atoms with Crippen molar-refractivity contribution < 1.29 is 29.1 Å². The number of carboxylic acid groups (broad SMARTS) is 1. The first-order valence-electron chi connectivity index (χ1n) is 12.1. The van der Waals surface area contributed by atoms with Crippen molar-refractivity contribution >= 4 is 16.8 Å². The number of aromatic nitrogens is 1. The Morgan fingerprint density at radius 1 is 1.12 bits per heavy atom. The molecule has 6 nitrogen and oxygen atoms in total. The molecule has 0 aliphatic carbocycles. The number of carboxylic acids is 1. The summed E-state index contributed by atoms with van der Waals surface area (Å²) in [7, 11) is -1.15. The van der Waals surface area contributed by atoms with E-state index in [0.29, 0.717) is 27.4 Å². The largest absolute Gasteiger partial charge is 0.492 e. The van der Waals surface area contributed by atoms with Gasteiger partial charge < -0.3 is 19.1 Å². The van der Waals surface area contributed by atoms with Crippen LogP contribution in [0.15, 0.2) is 65.6 Å². The Bertz CT molecular complexity index is 1230. The first-order valence-corrected chi connectivity index (χ1v) is 11.7. The zero-order valence-electron chi connectivity index (χ0n) is 22.2. The molecule has 0 saturated heterocycles. The Hall–Kier alpha value is -2.90. The van der Waals surface area contributed by atoms with E-state index in [0.717, 1.165) is 0 Å². The van der Waals surface area contributed by atoms with E-state index >= 15 is 0 Å². The van der Waals surface area contributed by atoms with E-state index in [1.807, 2.05) is 0 Å². The van der Waals surface area contributed by atoms with E-state index in [-0.39, 0.29) is 18.8 Å². The first kappa shape index (κ1) is 18.7. The van der Waals surface area contributed by atoms with Gasteiger partial charge in [-0.3, -0.25) is 4.21 Å². The van der Waals surface area contributed by atoms with Crippen LogP contribution in [0.3, 0.4) is 0 Å². The third kappa shape index (κ3) is 6.08. The average molecular weight is 460 g/mol. The van der Waals surface area contributed by atoms with E-state index < -0.39 is 35.9 Å². The molecule has 3 aromatic rings. The zero-order chi connectivity index (χ0) is 26.7. The lowest BCUT2D eigenvalue weighted by Gasteiger charge is -2.14. The second-order valence-corrected chi connectivity index (χ2v) is 8.50. The van der Waals surface area contributed by atoms with Crippen molar-refractivity contribution in [2.75, 3.05) is 19.4 Å². The third-order valence-electron chi connectivity index (χ3n) is 4.87. The Labute approximate surface area is 196 Å². The summed E-state index contributed by atoms with van der Waals surface area (Å²) in [6.07, 6.45) is 0.708. The van der Waals surface area contributed by atoms with Gasteiger partial charge in [-0.25, -0.2) is 4.79 Å². The van der Waals surface area contributed by atoms with Crippen LogP contribution in [-0.4, -0.2) is 45.4 Å². The van der Waals surface area contributed by atoms with Crippen molar-refractivity contribution in [1.82, 2.24) is 4.57 Å². The van der Waals surface area contributed by atoms with Gasteiger partial charge in [-0.05, 0) is 61.4 Å². The number of benzene rings is 2. The van der Waals surface area contributed by atoms with Gasteiger partial charge in [-0.2, -0.15) is 0 Å². The molecule has 0 radical (unpaired) electrons. The molecule has 2 atom stereocenters. The van der Waals surface area contributed by atoms with Crippen LogP contribution in [0.5, 0.6) is 5.75 Å². The molecular formula is C25H29NO5S. The van der Waals surface area contributed by atoms with Gasteiger partial charge in [0.1, 0.15) is 12.3 Å². The van der Waals surface area contributed by atoms with E-state index in [4.69, 9.17) is 15.0 Å². The summed E-state index contributed by atoms with van der Waals surface area (Å²) in [4.78, 5) is 12.0. The molecule has 7 heteroatoms. The Morgan fingerprint density at radius 2 is 1.81 bits per heavy atom. The molecule has 3 rings (SSSR count). The molecule has 1 heterocycles. The number of ether oxygens (including phenoxy) is 2. The molecule has 32 heavy (non-hydrogen) atoms. The number of aryl methyl sites for hydroxylation is 1. The van der Waals surface area contributed by atoms with Gasteiger partial charge in [-0.15, -0.1) is 0 Å². The van der Waals surface area contributed by atoms with Crippen molar-refractivity contribution in [3.63, 3.8) is 0 Å². The van der Waals surface area contributed by atoms with Crippen LogP contribution in [0.1, 0.15) is 23.7 Å². The summed E-state index contributed by atoms with van der Waals surface area (Å²) in [5.41, 5.74) is 2.25. The summed E-state index contributed by atoms with van der Waals surface area (Å²) in [6.45, 7) is -1.73. The quantitative estimate of drug-likeness (QED) is 0.462. The van der Waals surface area contributed by atoms with Crippen molar-refractivity contribution in [3.05, 3.63) is 71.9 Å². The number of rotatable bonds is 11. The van der Waals surface area contributed by atoms with Gasteiger partial charge in [0.05, 0.1) is 12.0 Å². The van der Waals surface area contributed by atoms with Crippen LogP contribution in [0.2, 0.25) is 0 Å². The lowest BCUT2D eigenvalue weighted by atomic mass is 10.1. The highest BCUT2D eigenvalue weighted by Crippen LogP contribution is 2.24. The van der Waals surface area contributed by atoms with Gasteiger partial charge >= 0.3 is 5.97 Å². The van der Waals surface area contributed by atoms with Crippen LogP contribution >= 0.6 is 0 Å². The smallest absolute Gasteiger partial charge is 0.333 e. The molecule has 1 unspecified atom stereocenters. The molecule has 2 aromatic carbocycles. The van der Waals surface area contributed by atoms with E-state index in [9.17, 15) is 14.1 Å². The van der Waals surface area contributed by atoms with E-state index in [1.54, 1.807) is 68.6 Å². The van der Waals surface area contributed by atoms with E-state index in [1.165, 1.54) is 16.7 Å². The topological polar surface area (TPSA) is 77.8 Å². The lowest BCUT2D eigenvalue weighted by molar-refractivity contribution is -0.149. The predicted octanol–water partition coefficient (Wildman–Crippen LogP) is 4.31. The summed E-state index contributed by atoms with van der Waals surface area (Å²) in [5.74, 6) is -0.978. The highest BCUT2D eigenvalue weighted by molar-refractivity contribution is 7.84. The van der Waals surface area contributed by atoms with Crippen LogP contribution in [-0.2, 0) is 33.2 Å².